The highest BCUT2D eigenvalue weighted by atomic mass is 32.2. The number of aromatic nitrogens is 2. The Kier molecular flexibility index (Phi) is 11.6. The van der Waals surface area contributed by atoms with Gasteiger partial charge in [-0.05, 0) is 118 Å². The lowest BCUT2D eigenvalue weighted by molar-refractivity contribution is -0.0287. The molecule has 5 aliphatic rings. The molecule has 0 bridgehead atoms. The number of carbonyl (C=O) groups is 2. The Bertz CT molecular complexity index is 1890. The Balaban J connectivity index is 0.871. The normalized spacial score (nSPS) is 21.9. The maximum absolute atomic E-state index is 14.4. The molecule has 2 amide bonds. The van der Waals surface area contributed by atoms with Crippen molar-refractivity contribution < 1.29 is 31.9 Å². The van der Waals surface area contributed by atoms with Crippen molar-refractivity contribution in [2.24, 2.45) is 16.7 Å². The number of benzene rings is 1. The van der Waals surface area contributed by atoms with Crippen LogP contribution in [0.5, 0.6) is 11.5 Å². The van der Waals surface area contributed by atoms with Crippen LogP contribution in [0.25, 0.3) is 0 Å². The third-order valence-corrected chi connectivity index (χ3v) is 14.5. The Morgan fingerprint density at radius 1 is 0.895 bits per heavy atom. The van der Waals surface area contributed by atoms with E-state index in [-0.39, 0.29) is 46.2 Å². The van der Waals surface area contributed by atoms with E-state index in [0.29, 0.717) is 56.8 Å². The van der Waals surface area contributed by atoms with Crippen LogP contribution >= 0.6 is 0 Å². The van der Waals surface area contributed by atoms with Gasteiger partial charge in [0.2, 0.25) is 0 Å². The molecule has 0 radical (unpaired) electrons. The molecule has 14 nitrogen and oxygen atoms in total. The average Bonchev–Trinajstić information content (AvgIpc) is 3.58. The summed E-state index contributed by atoms with van der Waals surface area (Å²) in [5.74, 6) is 1.01. The molecule has 7 rings (SSSR count). The van der Waals surface area contributed by atoms with Crippen LogP contribution in [0.15, 0.2) is 30.7 Å². The van der Waals surface area contributed by atoms with E-state index in [1.54, 1.807) is 24.6 Å². The number of amides is 2. The number of hydrogen-bond donors (Lipinski definition) is 0. The van der Waals surface area contributed by atoms with Crippen LogP contribution in [-0.2, 0) is 14.9 Å². The monoisotopic (exact) mass is 812 g/mol. The van der Waals surface area contributed by atoms with Crippen molar-refractivity contribution in [2.45, 2.75) is 98.3 Å². The number of likely N-dealkylation sites (tertiary alicyclic amines) is 2. The van der Waals surface area contributed by atoms with Crippen LogP contribution in [0.4, 0.5) is 15.0 Å². The summed E-state index contributed by atoms with van der Waals surface area (Å²) in [5, 5.41) is 0. The summed E-state index contributed by atoms with van der Waals surface area (Å²) in [6, 6.07) is 3.88. The zero-order valence-electron chi connectivity index (χ0n) is 34.7. The first-order valence-corrected chi connectivity index (χ1v) is 22.1. The standard InChI is InChI=1S/C41H61FN8O6S/c1-29(2)50(30(3)4)37(51)33-20-32(42)8-9-34(33)55-35-21-43-28-44-36(35)46-23-40(24-46)12-17-45(18-13-40)22-31-10-15-48(16-11-31)57(53,54)49-19-14-41(27-49)25-47(26-41)38(52)56-39(5,6)7/h8-9,20-21,28-31H,10-19,22-27H2,1-7H3. The molecular weight excluding hydrogens is 752 g/mol. The molecule has 0 unspecified atom stereocenters. The zero-order chi connectivity index (χ0) is 40.9. The number of carbonyl (C=O) groups excluding carboxylic acids is 2. The Morgan fingerprint density at radius 2 is 1.54 bits per heavy atom. The molecule has 0 N–H and O–H groups in total. The van der Waals surface area contributed by atoms with Gasteiger partial charge in [-0.1, -0.05) is 0 Å². The second-order valence-corrected chi connectivity index (χ2v) is 20.7. The van der Waals surface area contributed by atoms with E-state index in [2.05, 4.69) is 19.8 Å². The first-order chi connectivity index (χ1) is 26.9. The van der Waals surface area contributed by atoms with Crippen LogP contribution < -0.4 is 9.64 Å². The quantitative estimate of drug-likeness (QED) is 0.305. The molecule has 5 saturated heterocycles. The van der Waals surface area contributed by atoms with Gasteiger partial charge in [0, 0.05) is 81.8 Å². The maximum atomic E-state index is 14.4. The number of ether oxygens (including phenoxy) is 2. The van der Waals surface area contributed by atoms with Crippen LogP contribution in [0.2, 0.25) is 0 Å². The van der Waals surface area contributed by atoms with Crippen molar-refractivity contribution in [3.63, 3.8) is 0 Å². The SMILES string of the molecule is CC(C)N(C(=O)c1cc(F)ccc1Oc1cncnc1N1CC2(CCN(CC3CCN(S(=O)(=O)N4CCC5(CN(C(=O)OC(C)(C)C)C5)C4)CC3)CC2)C1)C(C)C. The molecule has 57 heavy (non-hydrogen) atoms. The minimum absolute atomic E-state index is 0.0754. The summed E-state index contributed by atoms with van der Waals surface area (Å²) in [6.07, 6.45) is 7.37. The van der Waals surface area contributed by atoms with Crippen molar-refractivity contribution in [2.75, 3.05) is 76.9 Å². The largest absolute Gasteiger partial charge is 0.451 e. The summed E-state index contributed by atoms with van der Waals surface area (Å²) >= 11 is 0. The molecular formula is C41H61FN8O6S. The van der Waals surface area contributed by atoms with Gasteiger partial charge in [0.05, 0.1) is 11.8 Å². The smallest absolute Gasteiger partial charge is 0.410 e. The van der Waals surface area contributed by atoms with Crippen molar-refractivity contribution >= 4 is 28.0 Å². The minimum Gasteiger partial charge on any atom is -0.451 e. The van der Waals surface area contributed by atoms with Gasteiger partial charge in [0.25, 0.3) is 16.1 Å². The summed E-state index contributed by atoms with van der Waals surface area (Å²) in [6.45, 7) is 21.1. The third kappa shape index (κ3) is 8.88. The number of anilines is 1. The fourth-order valence-electron chi connectivity index (χ4n) is 9.56. The highest BCUT2D eigenvalue weighted by Crippen LogP contribution is 2.46. The zero-order valence-corrected chi connectivity index (χ0v) is 35.6. The molecule has 5 aliphatic heterocycles. The van der Waals surface area contributed by atoms with E-state index in [9.17, 15) is 22.4 Å². The van der Waals surface area contributed by atoms with E-state index < -0.39 is 21.6 Å². The van der Waals surface area contributed by atoms with Crippen LogP contribution in [0, 0.1) is 22.6 Å². The van der Waals surface area contributed by atoms with E-state index in [0.717, 1.165) is 64.8 Å². The molecule has 1 aromatic heterocycles. The minimum atomic E-state index is -3.55. The van der Waals surface area contributed by atoms with Gasteiger partial charge in [-0.3, -0.25) is 4.79 Å². The predicted octanol–water partition coefficient (Wildman–Crippen LogP) is 5.47. The van der Waals surface area contributed by atoms with Crippen LogP contribution in [0.3, 0.4) is 0 Å². The fraction of sp³-hybridized carbons (Fsp3) is 0.707. The van der Waals surface area contributed by atoms with Gasteiger partial charge in [0.15, 0.2) is 11.6 Å². The molecule has 0 saturated carbocycles. The number of rotatable bonds is 10. The van der Waals surface area contributed by atoms with Gasteiger partial charge in [0.1, 0.15) is 23.5 Å². The van der Waals surface area contributed by atoms with Crippen molar-refractivity contribution in [1.82, 2.24) is 33.3 Å². The van der Waals surface area contributed by atoms with E-state index >= 15 is 0 Å². The number of hydrogen-bond acceptors (Lipinski definition) is 10. The third-order valence-electron chi connectivity index (χ3n) is 12.5. The van der Waals surface area contributed by atoms with Crippen molar-refractivity contribution in [1.29, 1.82) is 0 Å². The highest BCUT2D eigenvalue weighted by Gasteiger charge is 2.53. The lowest BCUT2D eigenvalue weighted by Crippen LogP contribution is -2.61. The summed E-state index contributed by atoms with van der Waals surface area (Å²) in [7, 11) is -3.55. The predicted molar refractivity (Wildman–Crippen MR) is 215 cm³/mol. The van der Waals surface area contributed by atoms with Gasteiger partial charge < -0.3 is 29.1 Å². The van der Waals surface area contributed by atoms with Crippen LogP contribution in [-0.4, -0.2) is 143 Å². The second-order valence-electron chi connectivity index (χ2n) is 18.8. The Morgan fingerprint density at radius 3 is 2.18 bits per heavy atom. The van der Waals surface area contributed by atoms with Gasteiger partial charge >= 0.3 is 6.09 Å². The molecule has 5 fully saturated rings. The maximum Gasteiger partial charge on any atom is 0.410 e. The van der Waals surface area contributed by atoms with Crippen molar-refractivity contribution in [3.05, 3.63) is 42.1 Å². The summed E-state index contributed by atoms with van der Waals surface area (Å²) in [5.41, 5.74) is -0.384. The molecule has 314 valence electrons. The molecule has 2 spiro atoms. The summed E-state index contributed by atoms with van der Waals surface area (Å²) in [4.78, 5) is 43.0. The molecule has 16 heteroatoms. The van der Waals surface area contributed by atoms with Gasteiger partial charge in [-0.2, -0.15) is 17.0 Å². The van der Waals surface area contributed by atoms with Crippen LogP contribution in [0.1, 0.15) is 90.9 Å². The molecule has 0 aliphatic carbocycles. The van der Waals surface area contributed by atoms with E-state index in [1.165, 1.54) is 24.5 Å². The first-order valence-electron chi connectivity index (χ1n) is 20.7. The first kappa shape index (κ1) is 41.6. The lowest BCUT2D eigenvalue weighted by Gasteiger charge is -2.54. The molecule has 6 heterocycles. The topological polar surface area (TPSA) is 132 Å². The lowest BCUT2D eigenvalue weighted by atomic mass is 9.72. The highest BCUT2D eigenvalue weighted by molar-refractivity contribution is 7.86. The van der Waals surface area contributed by atoms with Gasteiger partial charge in [-0.15, -0.1) is 0 Å². The molecule has 1 aromatic carbocycles. The van der Waals surface area contributed by atoms with Crippen molar-refractivity contribution in [3.8, 4) is 11.5 Å². The fourth-order valence-corrected chi connectivity index (χ4v) is 11.3. The number of halogens is 1. The number of piperidine rings is 2. The Hall–Kier alpha value is -3.60. The Labute approximate surface area is 337 Å². The second kappa shape index (κ2) is 15.9. The van der Waals surface area contributed by atoms with Gasteiger partial charge in [-0.25, -0.2) is 19.2 Å². The number of nitrogens with zero attached hydrogens (tertiary/aromatic N) is 8. The summed E-state index contributed by atoms with van der Waals surface area (Å²) < 4.78 is 56.9. The molecule has 2 aromatic rings. The average molecular weight is 813 g/mol. The molecule has 0 atom stereocenters. The van der Waals surface area contributed by atoms with E-state index in [4.69, 9.17) is 9.47 Å². The van der Waals surface area contributed by atoms with E-state index in [1.807, 2.05) is 48.5 Å².